The maximum atomic E-state index is 13.3. The minimum atomic E-state index is -0.432. The maximum absolute atomic E-state index is 13.3. The first-order chi connectivity index (χ1) is 14.6. The van der Waals surface area contributed by atoms with E-state index in [9.17, 15) is 14.0 Å². The number of likely N-dealkylation sites (tertiary alicyclic amines) is 1. The van der Waals surface area contributed by atoms with Gasteiger partial charge in [0.15, 0.2) is 0 Å². The predicted octanol–water partition coefficient (Wildman–Crippen LogP) is 4.34. The van der Waals surface area contributed by atoms with Crippen molar-refractivity contribution in [3.05, 3.63) is 70.4 Å². The molecule has 2 aromatic carbocycles. The van der Waals surface area contributed by atoms with Crippen molar-refractivity contribution in [2.24, 2.45) is 0 Å². The molecule has 0 aliphatic carbocycles. The molecule has 2 N–H and O–H groups in total. The van der Waals surface area contributed by atoms with Crippen molar-refractivity contribution in [1.29, 1.82) is 0 Å². The molecule has 3 amide bonds. The number of para-hydroxylation sites is 1. The lowest BCUT2D eigenvalue weighted by Crippen LogP contribution is -2.41. The number of piperidine rings is 1. The monoisotopic (exact) mass is 425 g/mol. The fourth-order valence-electron chi connectivity index (χ4n) is 3.33. The number of amides is 3. The molecule has 3 aromatic rings. The van der Waals surface area contributed by atoms with Gasteiger partial charge in [0, 0.05) is 30.4 Å². The van der Waals surface area contributed by atoms with Crippen molar-refractivity contribution in [3.63, 3.8) is 0 Å². The molecule has 0 bridgehead atoms. The Balaban J connectivity index is 1.39. The fourth-order valence-corrected chi connectivity index (χ4v) is 4.19. The summed E-state index contributed by atoms with van der Waals surface area (Å²) in [5.74, 6) is -0.839. The Bertz CT molecular complexity index is 1040. The van der Waals surface area contributed by atoms with Crippen LogP contribution in [0.2, 0.25) is 0 Å². The maximum Gasteiger partial charge on any atom is 0.321 e. The summed E-state index contributed by atoms with van der Waals surface area (Å²) < 4.78 is 13.3. The van der Waals surface area contributed by atoms with Crippen LogP contribution >= 0.6 is 11.3 Å². The number of benzene rings is 2. The van der Waals surface area contributed by atoms with Gasteiger partial charge in [-0.3, -0.25) is 4.79 Å². The lowest BCUT2D eigenvalue weighted by Gasteiger charge is -2.31. The quantitative estimate of drug-likeness (QED) is 0.651. The van der Waals surface area contributed by atoms with Crippen LogP contribution in [-0.2, 0) is 0 Å². The topological polar surface area (TPSA) is 87.2 Å². The third-order valence-electron chi connectivity index (χ3n) is 4.80. The number of anilines is 2. The molecule has 154 valence electrons. The van der Waals surface area contributed by atoms with E-state index in [1.165, 1.54) is 29.5 Å². The SMILES string of the molecule is O=C(Nc1cccc(F)c1)c1nnc([C@H]2CCCN(C(=O)Nc3ccccc3)C2)s1. The first-order valence-corrected chi connectivity index (χ1v) is 10.4. The second kappa shape index (κ2) is 9.00. The van der Waals surface area contributed by atoms with E-state index in [0.717, 1.165) is 23.5 Å². The van der Waals surface area contributed by atoms with E-state index >= 15 is 0 Å². The molecular formula is C21H20FN5O2S. The van der Waals surface area contributed by atoms with Crippen LogP contribution in [0.1, 0.15) is 33.6 Å². The zero-order valence-electron chi connectivity index (χ0n) is 16.0. The second-order valence-corrected chi connectivity index (χ2v) is 8.00. The number of carbonyl (C=O) groups is 2. The number of urea groups is 1. The van der Waals surface area contributed by atoms with Crippen LogP contribution < -0.4 is 10.6 Å². The van der Waals surface area contributed by atoms with E-state index in [2.05, 4.69) is 20.8 Å². The van der Waals surface area contributed by atoms with Crippen LogP contribution in [0.4, 0.5) is 20.6 Å². The highest BCUT2D eigenvalue weighted by Crippen LogP contribution is 2.29. The van der Waals surface area contributed by atoms with Gasteiger partial charge in [0.05, 0.1) is 0 Å². The average Bonchev–Trinajstić information content (AvgIpc) is 3.25. The molecule has 7 nitrogen and oxygen atoms in total. The molecule has 4 rings (SSSR count). The molecule has 1 fully saturated rings. The molecule has 1 aliphatic heterocycles. The van der Waals surface area contributed by atoms with Crippen molar-refractivity contribution in [3.8, 4) is 0 Å². The Morgan fingerprint density at radius 2 is 1.83 bits per heavy atom. The summed E-state index contributed by atoms with van der Waals surface area (Å²) in [7, 11) is 0. The number of nitrogens with zero attached hydrogens (tertiary/aromatic N) is 3. The van der Waals surface area contributed by atoms with Gasteiger partial charge in [-0.05, 0) is 43.2 Å². The van der Waals surface area contributed by atoms with E-state index in [-0.39, 0.29) is 17.0 Å². The number of halogens is 1. The van der Waals surface area contributed by atoms with Crippen molar-refractivity contribution in [2.45, 2.75) is 18.8 Å². The number of carbonyl (C=O) groups excluding carboxylic acids is 2. The largest absolute Gasteiger partial charge is 0.324 e. The van der Waals surface area contributed by atoms with Gasteiger partial charge in [-0.1, -0.05) is 35.6 Å². The molecule has 1 atom stereocenters. The molecule has 0 spiro atoms. The Morgan fingerprint density at radius 3 is 2.63 bits per heavy atom. The minimum absolute atomic E-state index is 0.0218. The highest BCUT2D eigenvalue weighted by atomic mass is 32.1. The number of rotatable bonds is 4. The first kappa shape index (κ1) is 20.0. The van der Waals surface area contributed by atoms with Gasteiger partial charge in [-0.15, -0.1) is 10.2 Å². The van der Waals surface area contributed by atoms with Gasteiger partial charge in [-0.25, -0.2) is 9.18 Å². The van der Waals surface area contributed by atoms with Crippen molar-refractivity contribution in [1.82, 2.24) is 15.1 Å². The summed E-state index contributed by atoms with van der Waals surface area (Å²) in [4.78, 5) is 26.7. The molecule has 9 heteroatoms. The van der Waals surface area contributed by atoms with Crippen LogP contribution in [0.25, 0.3) is 0 Å². The van der Waals surface area contributed by atoms with E-state index in [1.807, 2.05) is 30.3 Å². The van der Waals surface area contributed by atoms with Crippen LogP contribution in [-0.4, -0.2) is 40.1 Å². The number of aromatic nitrogens is 2. The zero-order chi connectivity index (χ0) is 20.9. The van der Waals surface area contributed by atoms with Crippen LogP contribution in [0.3, 0.4) is 0 Å². The van der Waals surface area contributed by atoms with Gasteiger partial charge in [0.25, 0.3) is 5.91 Å². The molecule has 30 heavy (non-hydrogen) atoms. The first-order valence-electron chi connectivity index (χ1n) is 9.60. The molecular weight excluding hydrogens is 405 g/mol. The summed E-state index contributed by atoms with van der Waals surface area (Å²) in [5, 5.41) is 14.6. The van der Waals surface area contributed by atoms with E-state index < -0.39 is 11.7 Å². The Labute approximate surface area is 176 Å². The standard InChI is InChI=1S/C21H20FN5O2S/c22-15-7-4-10-17(12-15)23-18(28)20-26-25-19(30-20)14-6-5-11-27(13-14)21(29)24-16-8-2-1-3-9-16/h1-4,7-10,12,14H,5-6,11,13H2,(H,23,28)(H,24,29)/t14-/m0/s1. The highest BCUT2D eigenvalue weighted by molar-refractivity contribution is 7.13. The van der Waals surface area contributed by atoms with Crippen LogP contribution in [0, 0.1) is 5.82 Å². The van der Waals surface area contributed by atoms with E-state index in [4.69, 9.17) is 0 Å². The molecule has 1 saturated heterocycles. The van der Waals surface area contributed by atoms with E-state index in [1.54, 1.807) is 11.0 Å². The summed E-state index contributed by atoms with van der Waals surface area (Å²) in [6, 6.07) is 14.8. The van der Waals surface area contributed by atoms with E-state index in [0.29, 0.717) is 18.8 Å². The molecule has 1 aromatic heterocycles. The summed E-state index contributed by atoms with van der Waals surface area (Å²) in [5.41, 5.74) is 1.11. The lowest BCUT2D eigenvalue weighted by molar-refractivity contribution is 0.102. The molecule has 1 aliphatic rings. The summed E-state index contributed by atoms with van der Waals surface area (Å²) >= 11 is 1.20. The molecule has 2 heterocycles. The Kier molecular flexibility index (Phi) is 5.99. The molecule has 0 radical (unpaired) electrons. The third-order valence-corrected chi connectivity index (χ3v) is 5.88. The van der Waals surface area contributed by atoms with Crippen molar-refractivity contribution in [2.75, 3.05) is 23.7 Å². The van der Waals surface area contributed by atoms with Crippen molar-refractivity contribution >= 4 is 34.6 Å². The van der Waals surface area contributed by atoms with Gasteiger partial charge >= 0.3 is 6.03 Å². The number of hydrogen-bond donors (Lipinski definition) is 2. The van der Waals surface area contributed by atoms with Gasteiger partial charge in [0.1, 0.15) is 10.8 Å². The minimum Gasteiger partial charge on any atom is -0.324 e. The smallest absolute Gasteiger partial charge is 0.321 e. The Hall–Kier alpha value is -3.33. The summed E-state index contributed by atoms with van der Waals surface area (Å²) in [6.07, 6.45) is 1.71. The van der Waals surface area contributed by atoms with Gasteiger partial charge in [0.2, 0.25) is 5.01 Å². The van der Waals surface area contributed by atoms with Crippen molar-refractivity contribution < 1.29 is 14.0 Å². The molecule has 0 saturated carbocycles. The lowest BCUT2D eigenvalue weighted by atomic mass is 9.99. The third kappa shape index (κ3) is 4.80. The number of nitrogens with one attached hydrogen (secondary N) is 2. The highest BCUT2D eigenvalue weighted by Gasteiger charge is 2.28. The number of hydrogen-bond acceptors (Lipinski definition) is 5. The fraction of sp³-hybridized carbons (Fsp3) is 0.238. The Morgan fingerprint density at radius 1 is 1.03 bits per heavy atom. The summed E-state index contributed by atoms with van der Waals surface area (Å²) in [6.45, 7) is 1.18. The normalized spacial score (nSPS) is 16.2. The average molecular weight is 425 g/mol. The second-order valence-electron chi connectivity index (χ2n) is 6.99. The zero-order valence-corrected chi connectivity index (χ0v) is 16.9. The van der Waals surface area contributed by atoms with Gasteiger partial charge in [-0.2, -0.15) is 0 Å². The molecule has 0 unspecified atom stereocenters. The predicted molar refractivity (Wildman–Crippen MR) is 113 cm³/mol. The van der Waals surface area contributed by atoms with Gasteiger partial charge < -0.3 is 15.5 Å². The van der Waals surface area contributed by atoms with Crippen LogP contribution in [0.5, 0.6) is 0 Å². The van der Waals surface area contributed by atoms with Crippen LogP contribution in [0.15, 0.2) is 54.6 Å².